The zero-order chi connectivity index (χ0) is 51.8. The number of rotatable bonds is 23. The van der Waals surface area contributed by atoms with Crippen molar-refractivity contribution in [1.29, 1.82) is 0 Å². The van der Waals surface area contributed by atoms with E-state index >= 15 is 9.59 Å². The van der Waals surface area contributed by atoms with Gasteiger partial charge in [-0.05, 0) is 111 Å². The predicted molar refractivity (Wildman–Crippen MR) is 257 cm³/mol. The maximum Gasteiger partial charge on any atom is 0.419 e. The van der Waals surface area contributed by atoms with Crippen LogP contribution in [0.25, 0.3) is 11.1 Å². The second-order valence-corrected chi connectivity index (χ2v) is 20.3. The number of ketones is 1. The van der Waals surface area contributed by atoms with Crippen LogP contribution in [0.4, 0.5) is 18.0 Å². The third-order valence-corrected chi connectivity index (χ3v) is 13.6. The van der Waals surface area contributed by atoms with Gasteiger partial charge in [-0.2, -0.15) is 48.5 Å². The van der Waals surface area contributed by atoms with Crippen LogP contribution in [0.15, 0.2) is 72.8 Å². The minimum absolute atomic E-state index is 0.146. The van der Waals surface area contributed by atoms with Crippen LogP contribution in [0.3, 0.4) is 0 Å². The Kier molecular flexibility index (Phi) is 18.3. The van der Waals surface area contributed by atoms with E-state index in [0.717, 1.165) is 58.5 Å². The quantitative estimate of drug-likeness (QED) is 0.0573. The number of carboxylic acids is 3. The largest absolute Gasteiger partial charge is 0.488 e. The molecule has 1 aliphatic heterocycles. The molecule has 69 heavy (non-hydrogen) atoms. The van der Waals surface area contributed by atoms with Gasteiger partial charge in [-0.3, -0.25) is 28.9 Å². The van der Waals surface area contributed by atoms with Gasteiger partial charge < -0.3 is 52.0 Å². The van der Waals surface area contributed by atoms with Gasteiger partial charge >= 0.3 is 30.2 Å². The lowest BCUT2D eigenvalue weighted by Gasteiger charge is -2.57. The number of alkyl halides is 3. The topological polar surface area (TPSA) is 284 Å². The summed E-state index contributed by atoms with van der Waals surface area (Å²) < 4.78 is 61.4. The first-order chi connectivity index (χ1) is 32.2. The second-order valence-electron chi connectivity index (χ2n) is 17.3. The van der Waals surface area contributed by atoms with E-state index in [2.05, 4.69) is 5.32 Å². The number of aliphatic carboxylic acids is 3. The SMILES string of the molecule is CSCC[C@](N)(C(=O)O)C1([C@](N)(CCSC)C(=O)O)OC[C@@](C(=O)NCC(=O)c2ccc(OCc3ccc(-c4ccccc4)cc3)c(C(F)(F)F)c2)([C@](N)(CCSC)C(=O)O)N1C(=O)OC(C)(C)C. The van der Waals surface area contributed by atoms with Gasteiger partial charge in [0.1, 0.15) is 18.0 Å². The summed E-state index contributed by atoms with van der Waals surface area (Å²) in [7, 11) is 0. The molecule has 3 aromatic carbocycles. The highest BCUT2D eigenvalue weighted by atomic mass is 32.2. The Balaban J connectivity index is 1.90. The number of thioether (sulfide) groups is 3. The van der Waals surface area contributed by atoms with E-state index in [1.807, 2.05) is 30.3 Å². The van der Waals surface area contributed by atoms with Gasteiger partial charge in [0.25, 0.3) is 5.91 Å². The van der Waals surface area contributed by atoms with Crippen molar-refractivity contribution in [2.75, 3.05) is 49.2 Å². The average molecular weight is 1030 g/mol. The molecular formula is C46H58F3N5O12S3. The molecule has 378 valence electrons. The van der Waals surface area contributed by atoms with Crippen LogP contribution >= 0.6 is 35.3 Å². The number of carbonyl (C=O) groups excluding carboxylic acids is 3. The Bertz CT molecular complexity index is 2330. The van der Waals surface area contributed by atoms with Gasteiger partial charge in [0.2, 0.25) is 5.72 Å². The molecule has 4 atom stereocenters. The lowest BCUT2D eigenvalue weighted by molar-refractivity contribution is -0.210. The highest BCUT2D eigenvalue weighted by Crippen LogP contribution is 2.54. The number of ether oxygens (including phenoxy) is 3. The Morgan fingerprint density at radius 3 is 1.70 bits per heavy atom. The zero-order valence-corrected chi connectivity index (χ0v) is 41.3. The molecule has 0 aromatic heterocycles. The average Bonchev–Trinajstić information content (AvgIpc) is 3.69. The lowest BCUT2D eigenvalue weighted by atomic mass is 9.66. The number of hydrogen-bond donors (Lipinski definition) is 7. The van der Waals surface area contributed by atoms with Crippen molar-refractivity contribution in [3.05, 3.63) is 89.5 Å². The molecule has 1 aliphatic rings. The van der Waals surface area contributed by atoms with Crippen LogP contribution in [0.2, 0.25) is 0 Å². The van der Waals surface area contributed by atoms with Gasteiger partial charge in [-0.25, -0.2) is 4.79 Å². The first-order valence-corrected chi connectivity index (χ1v) is 25.4. The summed E-state index contributed by atoms with van der Waals surface area (Å²) in [5.41, 5.74) is 3.35. The number of benzene rings is 3. The smallest absolute Gasteiger partial charge is 0.419 e. The van der Waals surface area contributed by atoms with Crippen LogP contribution in [0.5, 0.6) is 5.75 Å². The van der Waals surface area contributed by atoms with Crippen LogP contribution in [0, 0.1) is 0 Å². The molecule has 10 N–H and O–H groups in total. The molecular weight excluding hydrogens is 968 g/mol. The molecule has 0 radical (unpaired) electrons. The molecule has 0 aliphatic carbocycles. The van der Waals surface area contributed by atoms with E-state index in [9.17, 15) is 47.7 Å². The van der Waals surface area contributed by atoms with Gasteiger partial charge in [0.05, 0.1) is 18.7 Å². The Labute approximate surface area is 410 Å². The summed E-state index contributed by atoms with van der Waals surface area (Å²) in [4.78, 5) is 85.5. The minimum atomic E-state index is -5.06. The predicted octanol–water partition coefficient (Wildman–Crippen LogP) is 5.56. The molecule has 0 saturated carbocycles. The van der Waals surface area contributed by atoms with Crippen LogP contribution < -0.4 is 27.3 Å². The van der Waals surface area contributed by atoms with Gasteiger partial charge in [0, 0.05) is 5.56 Å². The Morgan fingerprint density at radius 1 is 0.739 bits per heavy atom. The molecule has 1 heterocycles. The van der Waals surface area contributed by atoms with Crippen LogP contribution in [0.1, 0.15) is 61.5 Å². The van der Waals surface area contributed by atoms with Crippen molar-refractivity contribution in [2.24, 2.45) is 17.2 Å². The normalized spacial score (nSPS) is 18.5. The van der Waals surface area contributed by atoms with Crippen molar-refractivity contribution in [2.45, 2.75) is 86.3 Å². The number of nitrogens with zero attached hydrogens (tertiary/aromatic N) is 1. The van der Waals surface area contributed by atoms with Gasteiger partial charge in [0.15, 0.2) is 27.9 Å². The molecule has 4 rings (SSSR count). The first kappa shape index (κ1) is 56.5. The maximum atomic E-state index is 15.3. The van der Waals surface area contributed by atoms with Crippen molar-refractivity contribution < 1.29 is 71.5 Å². The van der Waals surface area contributed by atoms with E-state index < -0.39 is 125 Å². The lowest BCUT2D eigenvalue weighted by Crippen LogP contribution is -2.89. The number of carboxylic acid groups (broad SMARTS) is 3. The fraction of sp³-hybridized carbons (Fsp3) is 0.478. The molecule has 17 nitrogen and oxygen atoms in total. The summed E-state index contributed by atoms with van der Waals surface area (Å²) in [6.07, 6.45) is -4.22. The molecule has 1 saturated heterocycles. The zero-order valence-electron chi connectivity index (χ0n) is 38.8. The van der Waals surface area contributed by atoms with E-state index in [1.54, 1.807) is 43.0 Å². The number of Topliss-reactive ketones (excluding diaryl/α,β-unsaturated/α-hetero) is 1. The standard InChI is InChI=1S/C46H58F3N5O12S3/c1-40(2,3)66-39(63)54-44(41(50,36(57)58)18-21-67-4,27-65-46(54,42(51,37(59)60)19-22-68-5)43(52,38(61)62)20-23-69-6)35(56)53-25-33(55)31-16-17-34(32(24-31)45(47,48)49)64-26-28-12-14-30(15-13-28)29-10-8-7-9-11-29/h7-17,24H,18-23,25-27,50-52H2,1-6H3,(H,53,56)(H,57,58)(H,59,60)(H,61,62)/t41-,42-,43-,44+/m0/s1. The Hall–Kier alpha value is -5.04. The number of hydrogen-bond acceptors (Lipinski definition) is 15. The summed E-state index contributed by atoms with van der Waals surface area (Å²) in [6, 6.07) is 18.8. The second kappa shape index (κ2) is 22.4. The van der Waals surface area contributed by atoms with Gasteiger partial charge in [-0.15, -0.1) is 0 Å². The third-order valence-electron chi connectivity index (χ3n) is 11.8. The molecule has 0 bridgehead atoms. The molecule has 3 aromatic rings. The van der Waals surface area contributed by atoms with Crippen molar-refractivity contribution in [3.8, 4) is 16.9 Å². The molecule has 0 unspecified atom stereocenters. The number of amides is 2. The molecule has 1 fully saturated rings. The first-order valence-electron chi connectivity index (χ1n) is 21.2. The third kappa shape index (κ3) is 11.3. The van der Waals surface area contributed by atoms with Crippen molar-refractivity contribution >= 4 is 71.0 Å². The van der Waals surface area contributed by atoms with Gasteiger partial charge in [-0.1, -0.05) is 54.6 Å². The van der Waals surface area contributed by atoms with Crippen LogP contribution in [-0.4, -0.2) is 139 Å². The van der Waals surface area contributed by atoms with Crippen LogP contribution in [-0.2, 0) is 41.4 Å². The fourth-order valence-electron chi connectivity index (χ4n) is 8.12. The maximum absolute atomic E-state index is 15.3. The van der Waals surface area contributed by atoms with E-state index in [1.165, 1.54) is 20.8 Å². The number of nitrogens with one attached hydrogen (secondary N) is 1. The minimum Gasteiger partial charge on any atom is -0.488 e. The van der Waals surface area contributed by atoms with E-state index in [-0.39, 0.29) is 28.8 Å². The Morgan fingerprint density at radius 2 is 1.23 bits per heavy atom. The highest BCUT2D eigenvalue weighted by Gasteiger charge is 2.83. The van der Waals surface area contributed by atoms with Crippen molar-refractivity contribution in [1.82, 2.24) is 10.2 Å². The summed E-state index contributed by atoms with van der Waals surface area (Å²) in [6.45, 7) is 1.23. The fourth-order valence-corrected chi connectivity index (χ4v) is 9.70. The molecule has 23 heteroatoms. The summed E-state index contributed by atoms with van der Waals surface area (Å²) >= 11 is 3.17. The number of halogens is 3. The van der Waals surface area contributed by atoms with Crippen molar-refractivity contribution in [3.63, 3.8) is 0 Å². The monoisotopic (exact) mass is 1030 g/mol. The summed E-state index contributed by atoms with van der Waals surface area (Å²) in [5.74, 6) is -9.80. The molecule has 0 spiro atoms. The summed E-state index contributed by atoms with van der Waals surface area (Å²) in [5, 5.41) is 35.4. The number of nitrogens with two attached hydrogens (primary N) is 3. The highest BCUT2D eigenvalue weighted by molar-refractivity contribution is 7.99. The van der Waals surface area contributed by atoms with E-state index in [0.29, 0.717) is 11.6 Å². The number of carbonyl (C=O) groups is 6. The molecule has 2 amide bonds. The van der Waals surface area contributed by atoms with E-state index in [4.69, 9.17) is 31.4 Å².